The third kappa shape index (κ3) is 2.19. The summed E-state index contributed by atoms with van der Waals surface area (Å²) < 4.78 is 0. The second-order valence-electron chi connectivity index (χ2n) is 9.98. The lowest BCUT2D eigenvalue weighted by atomic mass is 9.44. The van der Waals surface area contributed by atoms with Gasteiger partial charge in [-0.3, -0.25) is 4.79 Å². The monoisotopic (exact) mass is 317 g/mol. The lowest BCUT2D eigenvalue weighted by Crippen LogP contribution is -2.54. The smallest absolute Gasteiger partial charge is 0.133 e. The molecule has 0 aromatic heterocycles. The number of rotatable bonds is 1. The largest absolute Gasteiger partial charge is 0.328 e. The number of Topliss-reactive ketones (excluding diaryl/α,β-unsaturated/α-hetero) is 1. The molecule has 0 unspecified atom stereocenters. The van der Waals surface area contributed by atoms with Gasteiger partial charge < -0.3 is 5.73 Å². The fraction of sp³-hybridized carbons (Fsp3) is 0.952. The Balaban J connectivity index is 1.61. The molecule has 0 bridgehead atoms. The van der Waals surface area contributed by atoms with E-state index in [1.807, 2.05) is 6.92 Å². The minimum Gasteiger partial charge on any atom is -0.328 e. The van der Waals surface area contributed by atoms with Gasteiger partial charge in [-0.2, -0.15) is 0 Å². The predicted octanol–water partition coefficient (Wildman–Crippen LogP) is 4.56. The van der Waals surface area contributed by atoms with Crippen molar-refractivity contribution < 1.29 is 4.79 Å². The minimum absolute atomic E-state index is 0.307. The van der Waals surface area contributed by atoms with Crippen molar-refractivity contribution in [3.63, 3.8) is 0 Å². The molecule has 0 saturated heterocycles. The lowest BCUT2D eigenvalue weighted by Gasteiger charge is -2.61. The Hall–Kier alpha value is -0.370. The van der Waals surface area contributed by atoms with Crippen LogP contribution in [-0.4, -0.2) is 11.8 Å². The molecule has 23 heavy (non-hydrogen) atoms. The van der Waals surface area contributed by atoms with Crippen LogP contribution in [0.3, 0.4) is 0 Å². The fourth-order valence-electron chi connectivity index (χ4n) is 7.96. The zero-order chi connectivity index (χ0) is 16.4. The maximum Gasteiger partial charge on any atom is 0.133 e. The van der Waals surface area contributed by atoms with Gasteiger partial charge >= 0.3 is 0 Å². The Kier molecular flexibility index (Phi) is 3.72. The molecule has 130 valence electrons. The minimum atomic E-state index is 0.307. The van der Waals surface area contributed by atoms with Crippen molar-refractivity contribution in [2.24, 2.45) is 46.2 Å². The van der Waals surface area contributed by atoms with Crippen molar-refractivity contribution in [2.45, 2.75) is 84.6 Å². The van der Waals surface area contributed by atoms with Gasteiger partial charge in [-0.05, 0) is 99.2 Å². The summed E-state index contributed by atoms with van der Waals surface area (Å²) in [6.07, 6.45) is 11.8. The van der Waals surface area contributed by atoms with Crippen LogP contribution in [0.2, 0.25) is 0 Å². The van der Waals surface area contributed by atoms with E-state index in [0.29, 0.717) is 28.6 Å². The molecule has 4 rings (SSSR count). The molecular formula is C21H35NO. The van der Waals surface area contributed by atoms with Crippen LogP contribution in [0.25, 0.3) is 0 Å². The molecule has 0 aromatic carbocycles. The number of fused-ring (bicyclic) bond motifs is 5. The van der Waals surface area contributed by atoms with Gasteiger partial charge in [0, 0.05) is 12.0 Å². The van der Waals surface area contributed by atoms with Gasteiger partial charge in [-0.1, -0.05) is 13.8 Å². The number of hydrogen-bond acceptors (Lipinski definition) is 2. The average molecular weight is 318 g/mol. The molecule has 0 amide bonds. The molecule has 4 saturated carbocycles. The summed E-state index contributed by atoms with van der Waals surface area (Å²) in [7, 11) is 0. The summed E-state index contributed by atoms with van der Waals surface area (Å²) in [4.78, 5) is 12.2. The van der Waals surface area contributed by atoms with E-state index in [2.05, 4.69) is 13.8 Å². The molecule has 4 fully saturated rings. The predicted molar refractivity (Wildman–Crippen MR) is 93.9 cm³/mol. The van der Waals surface area contributed by atoms with Gasteiger partial charge in [-0.25, -0.2) is 0 Å². The third-order valence-electron chi connectivity index (χ3n) is 9.20. The molecule has 0 aliphatic heterocycles. The van der Waals surface area contributed by atoms with Crippen LogP contribution in [-0.2, 0) is 4.79 Å². The van der Waals surface area contributed by atoms with Gasteiger partial charge in [0.2, 0.25) is 0 Å². The standard InChI is InChI=1S/C21H35NO/c1-13(23)17-6-7-18-16-5-4-14-12-15(22)8-10-20(14,2)19(16)9-11-21(17,18)3/h14-19H,4-12,22H2,1-3H3/t14-,15-,16-,17+,18-,19-,20-,21+/m0/s1. The van der Waals surface area contributed by atoms with Crippen molar-refractivity contribution in [2.75, 3.05) is 0 Å². The van der Waals surface area contributed by atoms with E-state index in [0.717, 1.165) is 30.1 Å². The number of carbonyl (C=O) groups excluding carboxylic acids is 1. The molecule has 8 atom stereocenters. The zero-order valence-corrected chi connectivity index (χ0v) is 15.3. The highest BCUT2D eigenvalue weighted by molar-refractivity contribution is 5.79. The number of nitrogens with two attached hydrogens (primary N) is 1. The van der Waals surface area contributed by atoms with E-state index in [1.54, 1.807) is 0 Å². The second-order valence-corrected chi connectivity index (χ2v) is 9.98. The molecule has 2 N–H and O–H groups in total. The SMILES string of the molecule is CC(=O)[C@H]1CC[C@H]2[C@@H]3CC[C@H]4C[C@@H](N)CC[C@]4(C)[C@H]3CC[C@]12C. The molecule has 2 heteroatoms. The van der Waals surface area contributed by atoms with Gasteiger partial charge in [0.25, 0.3) is 0 Å². The number of hydrogen-bond donors (Lipinski definition) is 1. The van der Waals surface area contributed by atoms with Crippen LogP contribution in [0.4, 0.5) is 0 Å². The average Bonchev–Trinajstić information content (AvgIpc) is 2.85. The second kappa shape index (κ2) is 5.31. The Morgan fingerprint density at radius 2 is 1.61 bits per heavy atom. The van der Waals surface area contributed by atoms with Crippen LogP contribution in [0.15, 0.2) is 0 Å². The summed E-state index contributed by atoms with van der Waals surface area (Å²) >= 11 is 0. The zero-order valence-electron chi connectivity index (χ0n) is 15.3. The van der Waals surface area contributed by atoms with Crippen molar-refractivity contribution >= 4 is 5.78 Å². The van der Waals surface area contributed by atoms with Crippen LogP contribution >= 0.6 is 0 Å². The molecule has 0 spiro atoms. The van der Waals surface area contributed by atoms with E-state index >= 15 is 0 Å². The first-order chi connectivity index (χ1) is 10.9. The van der Waals surface area contributed by atoms with Crippen molar-refractivity contribution in [1.29, 1.82) is 0 Å². The maximum absolute atomic E-state index is 12.2. The molecule has 0 aromatic rings. The summed E-state index contributed by atoms with van der Waals surface area (Å²) in [5, 5.41) is 0. The van der Waals surface area contributed by atoms with Crippen molar-refractivity contribution in [3.8, 4) is 0 Å². The molecule has 0 heterocycles. The van der Waals surface area contributed by atoms with Crippen molar-refractivity contribution in [1.82, 2.24) is 0 Å². The first-order valence-electron chi connectivity index (χ1n) is 10.1. The Morgan fingerprint density at radius 1 is 0.913 bits per heavy atom. The number of ketones is 1. The summed E-state index contributed by atoms with van der Waals surface area (Å²) in [5.74, 6) is 4.26. The maximum atomic E-state index is 12.2. The van der Waals surface area contributed by atoms with E-state index in [-0.39, 0.29) is 0 Å². The number of carbonyl (C=O) groups is 1. The highest BCUT2D eigenvalue weighted by Gasteiger charge is 2.60. The van der Waals surface area contributed by atoms with E-state index in [4.69, 9.17) is 5.73 Å². The van der Waals surface area contributed by atoms with Gasteiger partial charge in [0.05, 0.1) is 0 Å². The first kappa shape index (κ1) is 16.1. The van der Waals surface area contributed by atoms with Crippen molar-refractivity contribution in [3.05, 3.63) is 0 Å². The normalized spacial score (nSPS) is 55.7. The van der Waals surface area contributed by atoms with E-state index in [1.165, 1.54) is 51.4 Å². The van der Waals surface area contributed by atoms with Gasteiger partial charge in [-0.15, -0.1) is 0 Å². The van der Waals surface area contributed by atoms with E-state index < -0.39 is 0 Å². The van der Waals surface area contributed by atoms with Crippen LogP contribution in [0.5, 0.6) is 0 Å². The lowest BCUT2D eigenvalue weighted by molar-refractivity contribution is -0.134. The molecular weight excluding hydrogens is 282 g/mol. The third-order valence-corrected chi connectivity index (χ3v) is 9.20. The van der Waals surface area contributed by atoms with Crippen LogP contribution < -0.4 is 5.73 Å². The summed E-state index contributed by atoms with van der Waals surface area (Å²) in [6.45, 7) is 6.89. The Labute approximate surface area is 142 Å². The van der Waals surface area contributed by atoms with Gasteiger partial charge in [0.1, 0.15) is 5.78 Å². The highest BCUT2D eigenvalue weighted by Crippen LogP contribution is 2.67. The highest BCUT2D eigenvalue weighted by atomic mass is 16.1. The summed E-state index contributed by atoms with van der Waals surface area (Å²) in [5.41, 5.74) is 7.13. The van der Waals surface area contributed by atoms with E-state index in [9.17, 15) is 4.79 Å². The molecule has 4 aliphatic rings. The quantitative estimate of drug-likeness (QED) is 0.770. The summed E-state index contributed by atoms with van der Waals surface area (Å²) in [6, 6.07) is 0.451. The molecule has 0 radical (unpaired) electrons. The molecule has 4 aliphatic carbocycles. The molecule has 2 nitrogen and oxygen atoms in total. The first-order valence-corrected chi connectivity index (χ1v) is 10.1. The Morgan fingerprint density at radius 3 is 2.35 bits per heavy atom. The van der Waals surface area contributed by atoms with Crippen LogP contribution in [0, 0.1) is 40.4 Å². The topological polar surface area (TPSA) is 43.1 Å². The Bertz CT molecular complexity index is 502. The van der Waals surface area contributed by atoms with Crippen LogP contribution in [0.1, 0.15) is 78.6 Å². The fourth-order valence-corrected chi connectivity index (χ4v) is 7.96. The van der Waals surface area contributed by atoms with Gasteiger partial charge in [0.15, 0.2) is 0 Å².